The Labute approximate surface area is 128 Å². The standard InChI is InChI=1S/C14H12F3NO3S/c1-20-8-3-4-9-10(14(15,16)17)6-12(18-11(9)5-8)22-7-13(19)21-2/h3-6H,7H2,1-2H3. The zero-order valence-electron chi connectivity index (χ0n) is 11.7. The minimum atomic E-state index is -4.52. The molecule has 0 amide bonds. The number of carbonyl (C=O) groups excluding carboxylic acids is 1. The van der Waals surface area contributed by atoms with E-state index in [2.05, 4.69) is 9.72 Å². The summed E-state index contributed by atoms with van der Waals surface area (Å²) < 4.78 is 49.0. The summed E-state index contributed by atoms with van der Waals surface area (Å²) in [6.45, 7) is 0. The van der Waals surface area contributed by atoms with E-state index >= 15 is 0 Å². The molecule has 0 saturated carbocycles. The predicted molar refractivity (Wildman–Crippen MR) is 76.0 cm³/mol. The van der Waals surface area contributed by atoms with E-state index in [1.54, 1.807) is 0 Å². The Balaban J connectivity index is 2.51. The van der Waals surface area contributed by atoms with Gasteiger partial charge < -0.3 is 9.47 Å². The lowest BCUT2D eigenvalue weighted by Crippen LogP contribution is -2.08. The molecule has 2 aromatic rings. The van der Waals surface area contributed by atoms with Gasteiger partial charge in [0.2, 0.25) is 0 Å². The van der Waals surface area contributed by atoms with Crippen LogP contribution >= 0.6 is 11.8 Å². The van der Waals surface area contributed by atoms with Crippen LogP contribution in [0.1, 0.15) is 5.56 Å². The van der Waals surface area contributed by atoms with Gasteiger partial charge in [-0.05, 0) is 18.2 Å². The van der Waals surface area contributed by atoms with Crippen LogP contribution in [0.5, 0.6) is 5.75 Å². The number of hydrogen-bond donors (Lipinski definition) is 0. The lowest BCUT2D eigenvalue weighted by atomic mass is 10.1. The number of benzene rings is 1. The number of thioether (sulfide) groups is 1. The van der Waals surface area contributed by atoms with E-state index in [1.807, 2.05) is 0 Å². The molecule has 0 saturated heterocycles. The maximum Gasteiger partial charge on any atom is 0.417 e. The number of rotatable bonds is 4. The summed E-state index contributed by atoms with van der Waals surface area (Å²) in [4.78, 5) is 15.3. The Morgan fingerprint density at radius 1 is 1.27 bits per heavy atom. The highest BCUT2D eigenvalue weighted by Gasteiger charge is 2.33. The molecule has 0 spiro atoms. The molecular weight excluding hydrogens is 319 g/mol. The number of nitrogens with zero attached hydrogens (tertiary/aromatic N) is 1. The predicted octanol–water partition coefficient (Wildman–Crippen LogP) is 3.53. The Morgan fingerprint density at radius 3 is 2.59 bits per heavy atom. The fraction of sp³-hybridized carbons (Fsp3) is 0.286. The van der Waals surface area contributed by atoms with Crippen LogP contribution in [0.25, 0.3) is 10.9 Å². The molecule has 0 aliphatic rings. The summed E-state index contributed by atoms with van der Waals surface area (Å²) in [7, 11) is 2.63. The molecule has 0 unspecified atom stereocenters. The minimum Gasteiger partial charge on any atom is -0.497 e. The Morgan fingerprint density at radius 2 is 2.00 bits per heavy atom. The van der Waals surface area contributed by atoms with E-state index in [-0.39, 0.29) is 21.7 Å². The van der Waals surface area contributed by atoms with Crippen molar-refractivity contribution in [3.63, 3.8) is 0 Å². The van der Waals surface area contributed by atoms with Gasteiger partial charge in [-0.15, -0.1) is 0 Å². The number of fused-ring (bicyclic) bond motifs is 1. The van der Waals surface area contributed by atoms with Crippen molar-refractivity contribution >= 4 is 28.6 Å². The van der Waals surface area contributed by atoms with Gasteiger partial charge in [0, 0.05) is 11.5 Å². The molecular formula is C14H12F3NO3S. The fourth-order valence-electron chi connectivity index (χ4n) is 1.81. The van der Waals surface area contributed by atoms with E-state index in [0.717, 1.165) is 17.8 Å². The van der Waals surface area contributed by atoms with Gasteiger partial charge in [0.15, 0.2) is 0 Å². The number of hydrogen-bond acceptors (Lipinski definition) is 5. The van der Waals surface area contributed by atoms with Crippen LogP contribution in [0.2, 0.25) is 0 Å². The van der Waals surface area contributed by atoms with E-state index in [4.69, 9.17) is 4.74 Å². The van der Waals surface area contributed by atoms with E-state index < -0.39 is 17.7 Å². The largest absolute Gasteiger partial charge is 0.497 e. The van der Waals surface area contributed by atoms with Gasteiger partial charge in [-0.2, -0.15) is 13.2 Å². The maximum atomic E-state index is 13.2. The molecule has 8 heteroatoms. The van der Waals surface area contributed by atoms with Crippen molar-refractivity contribution in [2.45, 2.75) is 11.2 Å². The van der Waals surface area contributed by atoms with E-state index in [0.29, 0.717) is 5.75 Å². The van der Waals surface area contributed by atoms with Crippen molar-refractivity contribution in [3.05, 3.63) is 29.8 Å². The van der Waals surface area contributed by atoms with Crippen LogP contribution < -0.4 is 4.74 Å². The molecule has 4 nitrogen and oxygen atoms in total. The van der Waals surface area contributed by atoms with Crippen LogP contribution in [0, 0.1) is 0 Å². The molecule has 0 aliphatic carbocycles. The first-order valence-corrected chi connectivity index (χ1v) is 7.09. The summed E-state index contributed by atoms with van der Waals surface area (Å²) in [5.74, 6) is -0.245. The number of esters is 1. The molecule has 0 fully saturated rings. The number of alkyl halides is 3. The van der Waals surface area contributed by atoms with Gasteiger partial charge in [0.05, 0.1) is 36.1 Å². The molecule has 0 aliphatic heterocycles. The summed E-state index contributed by atoms with van der Waals surface area (Å²) in [5, 5.41) is 0.0780. The van der Waals surface area contributed by atoms with Crippen molar-refractivity contribution in [3.8, 4) is 5.75 Å². The normalized spacial score (nSPS) is 11.5. The van der Waals surface area contributed by atoms with Crippen molar-refractivity contribution in [1.29, 1.82) is 0 Å². The highest BCUT2D eigenvalue weighted by atomic mass is 32.2. The van der Waals surface area contributed by atoms with Gasteiger partial charge in [0.1, 0.15) is 5.75 Å². The van der Waals surface area contributed by atoms with Gasteiger partial charge in [-0.25, -0.2) is 4.98 Å². The highest BCUT2D eigenvalue weighted by Crippen LogP contribution is 2.37. The maximum absolute atomic E-state index is 13.2. The lowest BCUT2D eigenvalue weighted by molar-refractivity contribution is -0.137. The van der Waals surface area contributed by atoms with E-state index in [1.165, 1.54) is 32.4 Å². The van der Waals surface area contributed by atoms with Crippen LogP contribution in [-0.2, 0) is 15.7 Å². The average Bonchev–Trinajstić information content (AvgIpc) is 2.50. The lowest BCUT2D eigenvalue weighted by Gasteiger charge is -2.12. The SMILES string of the molecule is COC(=O)CSc1cc(C(F)(F)F)c2ccc(OC)cc2n1. The van der Waals surface area contributed by atoms with Gasteiger partial charge in [-0.3, -0.25) is 4.79 Å². The number of ether oxygens (including phenoxy) is 2. The number of pyridine rings is 1. The molecule has 1 aromatic carbocycles. The number of methoxy groups -OCH3 is 2. The first kappa shape index (κ1) is 16.4. The highest BCUT2D eigenvalue weighted by molar-refractivity contribution is 7.99. The molecule has 1 heterocycles. The Hall–Kier alpha value is -1.96. The molecule has 0 radical (unpaired) electrons. The van der Waals surface area contributed by atoms with Gasteiger partial charge in [0.25, 0.3) is 0 Å². The molecule has 0 bridgehead atoms. The van der Waals surface area contributed by atoms with Crippen molar-refractivity contribution < 1.29 is 27.4 Å². The van der Waals surface area contributed by atoms with E-state index in [9.17, 15) is 18.0 Å². The quantitative estimate of drug-likeness (QED) is 0.634. The zero-order chi connectivity index (χ0) is 16.3. The Bertz CT molecular complexity index is 704. The number of aromatic nitrogens is 1. The third-order valence-electron chi connectivity index (χ3n) is 2.86. The number of halogens is 3. The fourth-order valence-corrected chi connectivity index (χ4v) is 2.56. The third-order valence-corrected chi connectivity index (χ3v) is 3.75. The third kappa shape index (κ3) is 3.62. The van der Waals surface area contributed by atoms with Crippen LogP contribution in [0.15, 0.2) is 29.3 Å². The summed E-state index contributed by atoms with van der Waals surface area (Å²) in [5.41, 5.74) is -0.644. The van der Waals surface area contributed by atoms with Crippen molar-refractivity contribution in [2.24, 2.45) is 0 Å². The van der Waals surface area contributed by atoms with Gasteiger partial charge in [-0.1, -0.05) is 11.8 Å². The summed E-state index contributed by atoms with van der Waals surface area (Å²) >= 11 is 0.885. The topological polar surface area (TPSA) is 48.4 Å². The smallest absolute Gasteiger partial charge is 0.417 e. The molecule has 118 valence electrons. The zero-order valence-corrected chi connectivity index (χ0v) is 12.5. The van der Waals surface area contributed by atoms with Gasteiger partial charge >= 0.3 is 12.1 Å². The second kappa shape index (κ2) is 6.43. The van der Waals surface area contributed by atoms with Crippen molar-refractivity contribution in [2.75, 3.05) is 20.0 Å². The monoisotopic (exact) mass is 331 g/mol. The molecule has 0 atom stereocenters. The second-order valence-electron chi connectivity index (χ2n) is 4.25. The molecule has 0 N–H and O–H groups in total. The summed E-state index contributed by atoms with van der Waals surface area (Å²) in [6, 6.07) is 5.12. The van der Waals surface area contributed by atoms with Crippen LogP contribution in [0.4, 0.5) is 13.2 Å². The molecule has 22 heavy (non-hydrogen) atoms. The first-order valence-electron chi connectivity index (χ1n) is 6.10. The minimum absolute atomic E-state index is 0.0179. The molecule has 1 aromatic heterocycles. The first-order chi connectivity index (χ1) is 10.3. The molecule has 2 rings (SSSR count). The second-order valence-corrected chi connectivity index (χ2v) is 5.25. The average molecular weight is 331 g/mol. The number of carbonyl (C=O) groups is 1. The van der Waals surface area contributed by atoms with Crippen LogP contribution in [-0.4, -0.2) is 30.9 Å². The van der Waals surface area contributed by atoms with Crippen molar-refractivity contribution in [1.82, 2.24) is 4.98 Å². The Kier molecular flexibility index (Phi) is 4.80. The van der Waals surface area contributed by atoms with Crippen LogP contribution in [0.3, 0.4) is 0 Å². The summed E-state index contributed by atoms with van der Waals surface area (Å²) in [6.07, 6.45) is -4.52.